The third-order valence-electron chi connectivity index (χ3n) is 7.10. The molecule has 5 rings (SSSR count). The number of primary amides is 2. The molecule has 0 fully saturated rings. The van der Waals surface area contributed by atoms with Gasteiger partial charge in [-0.2, -0.15) is 4.39 Å². The van der Waals surface area contributed by atoms with Gasteiger partial charge in [0.15, 0.2) is 10.3 Å². The van der Waals surface area contributed by atoms with Crippen molar-refractivity contribution in [3.63, 3.8) is 0 Å². The number of thiazole rings is 1. The SMILES string of the molecule is Cc1sc(-c2cccc(CCO)c2C(N)=O)cc1C(=O)Nc1ncc(F)s1.Cc1sc(-c2cccc(CCO)c2C(N)=O)cc1C(=O)O. The number of rotatable bonds is 11. The molecule has 11 nitrogen and oxygen atoms in total. The summed E-state index contributed by atoms with van der Waals surface area (Å²) in [5.41, 5.74) is 14.8. The summed E-state index contributed by atoms with van der Waals surface area (Å²) in [6, 6.07) is 13.7. The van der Waals surface area contributed by atoms with Crippen LogP contribution in [-0.4, -0.2) is 57.2 Å². The van der Waals surface area contributed by atoms with Crippen LogP contribution in [0.1, 0.15) is 62.3 Å². The van der Waals surface area contributed by atoms with E-state index in [1.807, 2.05) is 0 Å². The zero-order valence-electron chi connectivity index (χ0n) is 25.7. The zero-order chi connectivity index (χ0) is 35.1. The summed E-state index contributed by atoms with van der Waals surface area (Å²) >= 11 is 3.39. The van der Waals surface area contributed by atoms with Crippen LogP contribution in [0.2, 0.25) is 0 Å². The molecule has 250 valence electrons. The monoisotopic (exact) mass is 710 g/mol. The lowest BCUT2D eigenvalue weighted by Gasteiger charge is -2.10. The van der Waals surface area contributed by atoms with Gasteiger partial charge in [0, 0.05) is 43.8 Å². The molecule has 15 heteroatoms. The Bertz CT molecular complexity index is 2000. The molecule has 3 aromatic heterocycles. The largest absolute Gasteiger partial charge is 0.478 e. The summed E-state index contributed by atoms with van der Waals surface area (Å²) in [4.78, 5) is 53.9. The van der Waals surface area contributed by atoms with Gasteiger partial charge in [-0.3, -0.25) is 19.7 Å². The number of hydrogen-bond donors (Lipinski definition) is 6. The number of aryl methyl sites for hydroxylation is 2. The molecule has 0 spiro atoms. The lowest BCUT2D eigenvalue weighted by atomic mass is 9.97. The van der Waals surface area contributed by atoms with E-state index in [0.717, 1.165) is 22.4 Å². The molecule has 0 aliphatic carbocycles. The van der Waals surface area contributed by atoms with Gasteiger partial charge in [-0.15, -0.1) is 22.7 Å². The van der Waals surface area contributed by atoms with Gasteiger partial charge in [0.25, 0.3) is 5.91 Å². The highest BCUT2D eigenvalue weighted by molar-refractivity contribution is 7.16. The fraction of sp³-hybridized carbons (Fsp3) is 0.182. The first-order chi connectivity index (χ1) is 22.9. The Hall–Kier alpha value is -4.80. The molecule has 3 heterocycles. The molecule has 0 aliphatic heterocycles. The van der Waals surface area contributed by atoms with Crippen LogP contribution in [0.5, 0.6) is 0 Å². The summed E-state index contributed by atoms with van der Waals surface area (Å²) in [6.07, 6.45) is 1.67. The van der Waals surface area contributed by atoms with Crippen LogP contribution < -0.4 is 16.8 Å². The van der Waals surface area contributed by atoms with Crippen molar-refractivity contribution >= 4 is 62.8 Å². The normalized spacial score (nSPS) is 10.7. The van der Waals surface area contributed by atoms with Crippen molar-refractivity contribution in [1.82, 2.24) is 4.98 Å². The van der Waals surface area contributed by atoms with Crippen molar-refractivity contribution < 1.29 is 38.9 Å². The van der Waals surface area contributed by atoms with Crippen molar-refractivity contribution in [2.75, 3.05) is 18.5 Å². The number of anilines is 1. The average molecular weight is 711 g/mol. The third kappa shape index (κ3) is 8.18. The maximum absolute atomic E-state index is 13.1. The highest BCUT2D eigenvalue weighted by Crippen LogP contribution is 2.36. The van der Waals surface area contributed by atoms with Crippen LogP contribution in [0.25, 0.3) is 20.9 Å². The molecule has 2 aromatic carbocycles. The zero-order valence-corrected chi connectivity index (χ0v) is 28.2. The molecule has 0 unspecified atom stereocenters. The maximum atomic E-state index is 13.1. The number of aliphatic hydroxyl groups is 2. The number of aliphatic hydroxyl groups excluding tert-OH is 2. The lowest BCUT2D eigenvalue weighted by Crippen LogP contribution is -2.16. The van der Waals surface area contributed by atoms with E-state index >= 15 is 0 Å². The van der Waals surface area contributed by atoms with E-state index in [4.69, 9.17) is 21.7 Å². The lowest BCUT2D eigenvalue weighted by molar-refractivity contribution is 0.0696. The van der Waals surface area contributed by atoms with Gasteiger partial charge in [-0.05, 0) is 49.9 Å². The summed E-state index contributed by atoms with van der Waals surface area (Å²) in [6.45, 7) is 3.31. The first-order valence-corrected chi connectivity index (χ1v) is 16.7. The van der Waals surface area contributed by atoms with Gasteiger partial charge in [0.05, 0.1) is 28.5 Å². The van der Waals surface area contributed by atoms with Gasteiger partial charge < -0.3 is 26.8 Å². The van der Waals surface area contributed by atoms with Crippen molar-refractivity contribution in [2.24, 2.45) is 11.5 Å². The number of hydrogen-bond acceptors (Lipinski definition) is 10. The Balaban J connectivity index is 0.000000224. The Morgan fingerprint density at radius 1 is 0.792 bits per heavy atom. The second-order valence-corrected chi connectivity index (χ2v) is 13.7. The molecular formula is C33H31FN4O7S3. The number of carbonyl (C=O) groups is 4. The molecule has 0 bridgehead atoms. The molecule has 5 aromatic rings. The number of halogens is 1. The molecule has 0 saturated carbocycles. The van der Waals surface area contributed by atoms with Gasteiger partial charge >= 0.3 is 5.97 Å². The van der Waals surface area contributed by atoms with Gasteiger partial charge in [-0.25, -0.2) is 9.78 Å². The number of aromatic carboxylic acids is 1. The van der Waals surface area contributed by atoms with Crippen LogP contribution in [0.3, 0.4) is 0 Å². The number of carboxylic acid groups (broad SMARTS) is 1. The smallest absolute Gasteiger partial charge is 0.336 e. The molecule has 8 N–H and O–H groups in total. The Labute approximate surface area is 286 Å². The number of thiophene rings is 2. The van der Waals surface area contributed by atoms with Crippen molar-refractivity contribution in [3.8, 4) is 20.9 Å². The number of nitrogens with one attached hydrogen (secondary N) is 1. The van der Waals surface area contributed by atoms with Crippen molar-refractivity contribution in [2.45, 2.75) is 26.7 Å². The summed E-state index contributed by atoms with van der Waals surface area (Å²) in [5.74, 6) is -2.58. The summed E-state index contributed by atoms with van der Waals surface area (Å²) < 4.78 is 13.1. The maximum Gasteiger partial charge on any atom is 0.336 e. The molecular weight excluding hydrogens is 680 g/mol. The van der Waals surface area contributed by atoms with Crippen LogP contribution in [0.15, 0.2) is 54.7 Å². The van der Waals surface area contributed by atoms with Crippen molar-refractivity contribution in [3.05, 3.63) is 103 Å². The predicted molar refractivity (Wildman–Crippen MR) is 185 cm³/mol. The minimum atomic E-state index is -0.998. The van der Waals surface area contributed by atoms with E-state index in [1.54, 1.807) is 62.4 Å². The number of benzene rings is 2. The first kappa shape index (κ1) is 36.0. The van der Waals surface area contributed by atoms with Gasteiger partial charge in [0.2, 0.25) is 11.8 Å². The third-order valence-corrected chi connectivity index (χ3v) is 9.96. The van der Waals surface area contributed by atoms with Crippen LogP contribution >= 0.6 is 34.0 Å². The van der Waals surface area contributed by atoms with E-state index in [9.17, 15) is 28.7 Å². The van der Waals surface area contributed by atoms with Crippen LogP contribution in [0.4, 0.5) is 9.52 Å². The molecule has 0 radical (unpaired) electrons. The molecule has 0 aliphatic rings. The quantitative estimate of drug-likeness (QED) is 0.106. The molecule has 3 amide bonds. The summed E-state index contributed by atoms with van der Waals surface area (Å²) in [7, 11) is 0. The Kier molecular flexibility index (Phi) is 11.9. The molecule has 0 saturated heterocycles. The van der Waals surface area contributed by atoms with Crippen LogP contribution in [0, 0.1) is 19.0 Å². The fourth-order valence-electron chi connectivity index (χ4n) is 4.99. The molecule has 0 atom stereocenters. The highest BCUT2D eigenvalue weighted by Gasteiger charge is 2.21. The van der Waals surface area contributed by atoms with Crippen molar-refractivity contribution in [1.29, 1.82) is 0 Å². The Morgan fingerprint density at radius 2 is 1.27 bits per heavy atom. The topological polar surface area (TPSA) is 206 Å². The fourth-order valence-corrected chi connectivity index (χ4v) is 7.62. The second-order valence-electron chi connectivity index (χ2n) is 10.2. The highest BCUT2D eigenvalue weighted by atomic mass is 32.1. The van der Waals surface area contributed by atoms with Gasteiger partial charge in [0.1, 0.15) is 0 Å². The number of nitrogens with zero attached hydrogens (tertiary/aromatic N) is 1. The van der Waals surface area contributed by atoms with Gasteiger partial charge in [-0.1, -0.05) is 47.7 Å². The second kappa shape index (κ2) is 15.9. The van der Waals surface area contributed by atoms with E-state index in [1.165, 1.54) is 22.7 Å². The number of nitrogens with two attached hydrogens (primary N) is 2. The molecule has 48 heavy (non-hydrogen) atoms. The van der Waals surface area contributed by atoms with E-state index in [2.05, 4.69) is 10.3 Å². The van der Waals surface area contributed by atoms with E-state index < -0.39 is 28.8 Å². The first-order valence-electron chi connectivity index (χ1n) is 14.3. The van der Waals surface area contributed by atoms with E-state index in [0.29, 0.717) is 66.4 Å². The number of amides is 3. The standard InChI is InChI=1S/C18H16FN3O3S2.C15H15NO4S/c1-9-12(17(25)22-18-21-8-14(19)27-18)7-13(26-9)11-4-2-3-10(5-6-23)15(11)16(20)24;1-8-11(15(19)20)7-12(21-8)10-4-2-3-9(5-6-17)13(10)14(16)18/h2-4,7-8,23H,5-6H2,1H3,(H2,20,24)(H,21,22,25);2-4,7,17H,5-6H2,1H3,(H2,16,18)(H,19,20). The minimum absolute atomic E-state index is 0.0897. The number of carbonyl (C=O) groups excluding carboxylic acids is 3. The van der Waals surface area contributed by atoms with Crippen LogP contribution in [-0.2, 0) is 12.8 Å². The Morgan fingerprint density at radius 3 is 1.67 bits per heavy atom. The van der Waals surface area contributed by atoms with E-state index in [-0.39, 0.29) is 23.9 Å². The minimum Gasteiger partial charge on any atom is -0.478 e. The number of carboxylic acids is 1. The average Bonchev–Trinajstić information content (AvgIpc) is 3.75. The number of aromatic nitrogens is 1. The predicted octanol–water partition coefficient (Wildman–Crippen LogP) is 5.26. The summed E-state index contributed by atoms with van der Waals surface area (Å²) in [5, 5.41) is 29.7.